The molecule has 0 saturated carbocycles. The predicted molar refractivity (Wildman–Crippen MR) is 111 cm³/mol. The third kappa shape index (κ3) is 2.93. The van der Waals surface area contributed by atoms with Gasteiger partial charge in [0.1, 0.15) is 0 Å². The topological polar surface area (TPSA) is 103 Å². The van der Waals surface area contributed by atoms with Gasteiger partial charge in [0.25, 0.3) is 0 Å². The van der Waals surface area contributed by atoms with Crippen LogP contribution in [0.2, 0.25) is 5.02 Å². The predicted octanol–water partition coefficient (Wildman–Crippen LogP) is 3.07. The van der Waals surface area contributed by atoms with E-state index < -0.39 is 0 Å². The van der Waals surface area contributed by atoms with Crippen molar-refractivity contribution in [2.75, 3.05) is 5.32 Å². The van der Waals surface area contributed by atoms with E-state index in [2.05, 4.69) is 44.4 Å². The van der Waals surface area contributed by atoms with Gasteiger partial charge in [-0.25, -0.2) is 14.5 Å². The molecule has 0 aliphatic heterocycles. The first-order valence-electron chi connectivity index (χ1n) is 9.52. The lowest BCUT2D eigenvalue weighted by Crippen LogP contribution is -2.21. The molecule has 4 aromatic heterocycles. The summed E-state index contributed by atoms with van der Waals surface area (Å²) in [5.41, 5.74) is 3.90. The van der Waals surface area contributed by atoms with Crippen LogP contribution in [-0.2, 0) is 10.2 Å². The standard InChI is InChI=1S/C20H19ClN8O/c1-11-6-16-22-10-14-13(8-20(2,3)17(14)28(16)27-11)19(30)26-12-7-15(21)18(23-9-12)29-24-4-5-25-29/h4-7,9-10,13H,8H2,1-3H3,(H,26,30). The van der Waals surface area contributed by atoms with Gasteiger partial charge in [0, 0.05) is 23.2 Å². The first kappa shape index (κ1) is 18.7. The Morgan fingerprint density at radius 1 is 1.20 bits per heavy atom. The Morgan fingerprint density at radius 3 is 2.70 bits per heavy atom. The highest BCUT2D eigenvalue weighted by Crippen LogP contribution is 2.45. The van der Waals surface area contributed by atoms with E-state index in [-0.39, 0.29) is 17.2 Å². The number of pyridine rings is 1. The lowest BCUT2D eigenvalue weighted by atomic mass is 9.88. The van der Waals surface area contributed by atoms with Gasteiger partial charge in [-0.3, -0.25) is 4.79 Å². The van der Waals surface area contributed by atoms with Gasteiger partial charge in [-0.2, -0.15) is 15.3 Å². The van der Waals surface area contributed by atoms with Gasteiger partial charge in [0.15, 0.2) is 11.5 Å². The lowest BCUT2D eigenvalue weighted by molar-refractivity contribution is -0.117. The number of anilines is 1. The van der Waals surface area contributed by atoms with E-state index in [9.17, 15) is 4.79 Å². The van der Waals surface area contributed by atoms with Crippen LogP contribution in [-0.4, -0.2) is 40.5 Å². The Bertz CT molecular complexity index is 1280. The fourth-order valence-corrected chi connectivity index (χ4v) is 4.39. The van der Waals surface area contributed by atoms with E-state index in [4.69, 9.17) is 11.6 Å². The van der Waals surface area contributed by atoms with Crippen LogP contribution >= 0.6 is 11.6 Å². The van der Waals surface area contributed by atoms with E-state index in [1.54, 1.807) is 30.9 Å². The molecule has 152 valence electrons. The number of hydrogen-bond donors (Lipinski definition) is 1. The molecule has 1 unspecified atom stereocenters. The Hall–Kier alpha value is -3.33. The molecule has 1 amide bonds. The summed E-state index contributed by atoms with van der Waals surface area (Å²) in [7, 11) is 0. The molecule has 0 spiro atoms. The van der Waals surface area contributed by atoms with Crippen LogP contribution in [0.25, 0.3) is 11.5 Å². The molecule has 0 fully saturated rings. The molecule has 1 aliphatic rings. The van der Waals surface area contributed by atoms with Crippen LogP contribution in [0.15, 0.2) is 36.9 Å². The minimum Gasteiger partial charge on any atom is -0.324 e. The third-order valence-corrected chi connectivity index (χ3v) is 5.66. The van der Waals surface area contributed by atoms with Crippen LogP contribution in [0.5, 0.6) is 0 Å². The van der Waals surface area contributed by atoms with Crippen molar-refractivity contribution in [1.29, 1.82) is 0 Å². The lowest BCUT2D eigenvalue weighted by Gasteiger charge is -2.19. The van der Waals surface area contributed by atoms with Crippen molar-refractivity contribution >= 4 is 28.8 Å². The van der Waals surface area contributed by atoms with Crippen molar-refractivity contribution < 1.29 is 4.79 Å². The SMILES string of the molecule is Cc1cc2ncc3c(n2n1)C(C)(C)CC3C(=O)Nc1cnc(-n2nccn2)c(Cl)c1. The van der Waals surface area contributed by atoms with Gasteiger partial charge >= 0.3 is 0 Å². The molecule has 1 atom stereocenters. The zero-order valence-electron chi connectivity index (χ0n) is 16.7. The molecule has 1 N–H and O–H groups in total. The summed E-state index contributed by atoms with van der Waals surface area (Å²) in [6.07, 6.45) is 7.08. The Labute approximate surface area is 177 Å². The van der Waals surface area contributed by atoms with Crippen molar-refractivity contribution in [3.63, 3.8) is 0 Å². The van der Waals surface area contributed by atoms with Crippen LogP contribution in [0.3, 0.4) is 0 Å². The number of aromatic nitrogens is 7. The number of halogens is 1. The van der Waals surface area contributed by atoms with Crippen molar-refractivity contribution in [3.05, 3.63) is 58.9 Å². The minimum atomic E-state index is -0.345. The van der Waals surface area contributed by atoms with Gasteiger partial charge < -0.3 is 5.32 Å². The number of carbonyl (C=O) groups is 1. The second-order valence-electron chi connectivity index (χ2n) is 8.10. The van der Waals surface area contributed by atoms with Gasteiger partial charge in [0.2, 0.25) is 5.91 Å². The zero-order valence-corrected chi connectivity index (χ0v) is 17.4. The van der Waals surface area contributed by atoms with Crippen LogP contribution in [0, 0.1) is 6.92 Å². The number of aryl methyl sites for hydroxylation is 1. The maximum Gasteiger partial charge on any atom is 0.232 e. The van der Waals surface area contributed by atoms with E-state index in [0.29, 0.717) is 22.9 Å². The first-order valence-corrected chi connectivity index (χ1v) is 9.90. The number of carbonyl (C=O) groups excluding carboxylic acids is 1. The number of nitrogens with zero attached hydrogens (tertiary/aromatic N) is 7. The average Bonchev–Trinajstić information content (AvgIpc) is 3.39. The average molecular weight is 423 g/mol. The Kier molecular flexibility index (Phi) is 4.11. The molecule has 9 nitrogen and oxygen atoms in total. The van der Waals surface area contributed by atoms with E-state index in [1.807, 2.05) is 17.5 Å². The Morgan fingerprint density at radius 2 is 1.97 bits per heavy atom. The van der Waals surface area contributed by atoms with Gasteiger partial charge in [-0.05, 0) is 19.4 Å². The van der Waals surface area contributed by atoms with Crippen LogP contribution < -0.4 is 5.32 Å². The van der Waals surface area contributed by atoms with E-state index in [1.165, 1.54) is 4.80 Å². The molecule has 30 heavy (non-hydrogen) atoms. The fraction of sp³-hybridized carbons (Fsp3) is 0.300. The number of rotatable bonds is 3. The summed E-state index contributed by atoms with van der Waals surface area (Å²) in [6.45, 7) is 6.19. The molecule has 1 aliphatic carbocycles. The highest BCUT2D eigenvalue weighted by atomic mass is 35.5. The molecular formula is C20H19ClN8O. The summed E-state index contributed by atoms with van der Waals surface area (Å²) in [5, 5.41) is 15.9. The molecule has 4 heterocycles. The molecule has 5 rings (SSSR count). The summed E-state index contributed by atoms with van der Waals surface area (Å²) in [5.74, 6) is -0.0787. The molecule has 0 aromatic carbocycles. The Balaban J connectivity index is 1.46. The molecule has 0 bridgehead atoms. The monoisotopic (exact) mass is 422 g/mol. The minimum absolute atomic E-state index is 0.130. The second-order valence-corrected chi connectivity index (χ2v) is 8.50. The number of nitrogens with one attached hydrogen (secondary N) is 1. The molecule has 0 radical (unpaired) electrons. The maximum atomic E-state index is 13.2. The smallest absolute Gasteiger partial charge is 0.232 e. The van der Waals surface area contributed by atoms with Crippen molar-refractivity contribution in [1.82, 2.24) is 34.6 Å². The zero-order chi connectivity index (χ0) is 21.0. The van der Waals surface area contributed by atoms with Crippen LogP contribution in [0.1, 0.15) is 43.1 Å². The second kappa shape index (κ2) is 6.60. The fourth-order valence-electron chi connectivity index (χ4n) is 4.15. The van der Waals surface area contributed by atoms with Gasteiger partial charge in [-0.1, -0.05) is 25.4 Å². The van der Waals surface area contributed by atoms with Crippen molar-refractivity contribution in [3.8, 4) is 5.82 Å². The largest absolute Gasteiger partial charge is 0.324 e. The quantitative estimate of drug-likeness (QED) is 0.544. The number of amides is 1. The first-order chi connectivity index (χ1) is 14.3. The highest BCUT2D eigenvalue weighted by Gasteiger charge is 2.43. The molecule has 10 heteroatoms. The van der Waals surface area contributed by atoms with E-state index >= 15 is 0 Å². The summed E-state index contributed by atoms with van der Waals surface area (Å²) >= 11 is 6.32. The molecular weight excluding hydrogens is 404 g/mol. The highest BCUT2D eigenvalue weighted by molar-refractivity contribution is 6.32. The normalized spacial score (nSPS) is 17.3. The number of hydrogen-bond acceptors (Lipinski definition) is 6. The van der Waals surface area contributed by atoms with Crippen molar-refractivity contribution in [2.45, 2.75) is 38.5 Å². The molecule has 0 saturated heterocycles. The van der Waals surface area contributed by atoms with E-state index in [0.717, 1.165) is 22.6 Å². The summed E-state index contributed by atoms with van der Waals surface area (Å²) in [6, 6.07) is 3.58. The summed E-state index contributed by atoms with van der Waals surface area (Å²) in [4.78, 5) is 23.3. The van der Waals surface area contributed by atoms with Crippen LogP contribution in [0.4, 0.5) is 5.69 Å². The van der Waals surface area contributed by atoms with Gasteiger partial charge in [-0.15, -0.1) is 4.80 Å². The number of fused-ring (bicyclic) bond motifs is 3. The summed E-state index contributed by atoms with van der Waals surface area (Å²) < 4.78 is 1.86. The van der Waals surface area contributed by atoms with Crippen molar-refractivity contribution in [2.24, 2.45) is 0 Å². The molecule has 4 aromatic rings. The van der Waals surface area contributed by atoms with Gasteiger partial charge in [0.05, 0.1) is 46.6 Å². The maximum absolute atomic E-state index is 13.2. The third-order valence-electron chi connectivity index (χ3n) is 5.38.